The molecule has 0 saturated carbocycles. The van der Waals surface area contributed by atoms with Crippen molar-refractivity contribution >= 4 is 11.8 Å². The van der Waals surface area contributed by atoms with Gasteiger partial charge in [0, 0.05) is 6.92 Å². The van der Waals surface area contributed by atoms with E-state index in [1.54, 1.807) is 13.0 Å². The average molecular weight is 269 g/mol. The molecule has 0 spiro atoms. The van der Waals surface area contributed by atoms with Crippen molar-refractivity contribution in [3.63, 3.8) is 0 Å². The van der Waals surface area contributed by atoms with Gasteiger partial charge in [-0.15, -0.1) is 0 Å². The van der Waals surface area contributed by atoms with Crippen molar-refractivity contribution in [1.29, 1.82) is 0 Å². The van der Waals surface area contributed by atoms with Gasteiger partial charge in [-0.1, -0.05) is 30.3 Å². The Bertz CT molecular complexity index is 663. The Morgan fingerprint density at radius 2 is 1.80 bits per heavy atom. The number of esters is 1. The molecule has 0 fully saturated rings. The van der Waals surface area contributed by atoms with E-state index in [0.717, 1.165) is 11.1 Å². The van der Waals surface area contributed by atoms with Crippen LogP contribution >= 0.6 is 0 Å². The molecule has 0 atom stereocenters. The molecule has 0 N–H and O–H groups in total. The van der Waals surface area contributed by atoms with E-state index in [-0.39, 0.29) is 17.2 Å². The Kier molecular flexibility index (Phi) is 3.94. The molecule has 1 aromatic carbocycles. The SMILES string of the molecule is COC(=O)c1nc(C(C)=O)cc(-c2ccccc2)c1C. The van der Waals surface area contributed by atoms with Crippen LogP contribution in [0.5, 0.6) is 0 Å². The summed E-state index contributed by atoms with van der Waals surface area (Å²) in [4.78, 5) is 27.5. The number of carbonyl (C=O) groups excluding carboxylic acids is 2. The number of hydrogen-bond acceptors (Lipinski definition) is 4. The van der Waals surface area contributed by atoms with Gasteiger partial charge >= 0.3 is 5.97 Å². The highest BCUT2D eigenvalue weighted by atomic mass is 16.5. The van der Waals surface area contributed by atoms with Gasteiger partial charge in [-0.05, 0) is 29.7 Å². The number of nitrogens with zero attached hydrogens (tertiary/aromatic N) is 1. The normalized spacial score (nSPS) is 10.2. The van der Waals surface area contributed by atoms with Crippen molar-refractivity contribution < 1.29 is 14.3 Å². The van der Waals surface area contributed by atoms with E-state index in [0.29, 0.717) is 5.56 Å². The fourth-order valence-corrected chi connectivity index (χ4v) is 2.00. The first-order chi connectivity index (χ1) is 9.54. The Morgan fingerprint density at radius 1 is 1.15 bits per heavy atom. The molecule has 102 valence electrons. The second-order valence-electron chi connectivity index (χ2n) is 4.44. The van der Waals surface area contributed by atoms with Crippen LogP contribution in [0.2, 0.25) is 0 Å². The molecule has 0 unspecified atom stereocenters. The lowest BCUT2D eigenvalue weighted by Gasteiger charge is -2.11. The zero-order chi connectivity index (χ0) is 14.7. The van der Waals surface area contributed by atoms with Gasteiger partial charge < -0.3 is 4.74 Å². The molecule has 2 aromatic rings. The minimum atomic E-state index is -0.539. The van der Waals surface area contributed by atoms with Gasteiger partial charge in [-0.25, -0.2) is 9.78 Å². The maximum atomic E-state index is 11.8. The Morgan fingerprint density at radius 3 is 2.35 bits per heavy atom. The molecule has 4 nitrogen and oxygen atoms in total. The highest BCUT2D eigenvalue weighted by Crippen LogP contribution is 2.26. The molecule has 0 amide bonds. The van der Waals surface area contributed by atoms with Crippen molar-refractivity contribution in [2.75, 3.05) is 7.11 Å². The van der Waals surface area contributed by atoms with Gasteiger partial charge in [0.05, 0.1) is 7.11 Å². The van der Waals surface area contributed by atoms with Gasteiger partial charge in [-0.2, -0.15) is 0 Å². The van der Waals surface area contributed by atoms with Gasteiger partial charge in [0.25, 0.3) is 0 Å². The van der Waals surface area contributed by atoms with Crippen LogP contribution in [0.4, 0.5) is 0 Å². The van der Waals surface area contributed by atoms with E-state index >= 15 is 0 Å². The smallest absolute Gasteiger partial charge is 0.356 e. The molecule has 20 heavy (non-hydrogen) atoms. The van der Waals surface area contributed by atoms with Crippen LogP contribution in [0.1, 0.15) is 33.5 Å². The first kappa shape index (κ1) is 13.9. The lowest BCUT2D eigenvalue weighted by atomic mass is 9.98. The number of methoxy groups -OCH3 is 1. The van der Waals surface area contributed by atoms with Crippen LogP contribution in [0.15, 0.2) is 36.4 Å². The van der Waals surface area contributed by atoms with Crippen LogP contribution in [0.3, 0.4) is 0 Å². The number of benzene rings is 1. The number of ether oxygens (including phenoxy) is 1. The third kappa shape index (κ3) is 2.59. The predicted octanol–water partition coefficient (Wildman–Crippen LogP) is 3.05. The van der Waals surface area contributed by atoms with Crippen LogP contribution in [0, 0.1) is 6.92 Å². The minimum Gasteiger partial charge on any atom is -0.464 e. The molecule has 2 rings (SSSR count). The van der Waals surface area contributed by atoms with E-state index in [1.807, 2.05) is 30.3 Å². The monoisotopic (exact) mass is 269 g/mol. The second kappa shape index (κ2) is 5.65. The van der Waals surface area contributed by atoms with Crippen LogP contribution < -0.4 is 0 Å². The third-order valence-electron chi connectivity index (χ3n) is 3.10. The molecule has 0 bridgehead atoms. The number of rotatable bonds is 3. The van der Waals surface area contributed by atoms with Gasteiger partial charge in [0.15, 0.2) is 11.5 Å². The predicted molar refractivity (Wildman–Crippen MR) is 75.8 cm³/mol. The zero-order valence-corrected chi connectivity index (χ0v) is 11.6. The highest BCUT2D eigenvalue weighted by molar-refractivity contribution is 5.97. The summed E-state index contributed by atoms with van der Waals surface area (Å²) in [7, 11) is 1.30. The highest BCUT2D eigenvalue weighted by Gasteiger charge is 2.18. The number of ketones is 1. The molecule has 1 aromatic heterocycles. The average Bonchev–Trinajstić information content (AvgIpc) is 2.47. The lowest BCUT2D eigenvalue weighted by Crippen LogP contribution is -2.11. The summed E-state index contributed by atoms with van der Waals surface area (Å²) in [6, 6.07) is 11.3. The van der Waals surface area contributed by atoms with Gasteiger partial charge in [-0.3, -0.25) is 4.79 Å². The standard InChI is InChI=1S/C16H15NO3/c1-10-13(12-7-5-4-6-8-12)9-14(11(2)18)17-15(10)16(19)20-3/h4-9H,1-3H3. The van der Waals surface area contributed by atoms with Crippen LogP contribution in [-0.2, 0) is 4.74 Å². The Hall–Kier alpha value is -2.49. The first-order valence-corrected chi connectivity index (χ1v) is 6.21. The minimum absolute atomic E-state index is 0.180. The number of Topliss-reactive ketones (excluding diaryl/α,β-unsaturated/α-hetero) is 1. The van der Waals surface area contributed by atoms with E-state index in [1.165, 1.54) is 14.0 Å². The summed E-state index contributed by atoms with van der Waals surface area (Å²) in [6.07, 6.45) is 0. The molecular weight excluding hydrogens is 254 g/mol. The molecule has 0 aliphatic carbocycles. The van der Waals surface area contributed by atoms with Crippen LogP contribution in [-0.4, -0.2) is 23.8 Å². The molecule has 4 heteroatoms. The van der Waals surface area contributed by atoms with Gasteiger partial charge in [0.2, 0.25) is 0 Å². The number of aromatic nitrogens is 1. The first-order valence-electron chi connectivity index (χ1n) is 6.21. The number of carbonyl (C=O) groups is 2. The van der Waals surface area contributed by atoms with E-state index in [9.17, 15) is 9.59 Å². The second-order valence-corrected chi connectivity index (χ2v) is 4.44. The van der Waals surface area contributed by atoms with Crippen LogP contribution in [0.25, 0.3) is 11.1 Å². The quantitative estimate of drug-likeness (QED) is 0.634. The largest absolute Gasteiger partial charge is 0.464 e. The summed E-state index contributed by atoms with van der Waals surface area (Å²) < 4.78 is 4.73. The summed E-state index contributed by atoms with van der Waals surface area (Å²) >= 11 is 0. The Labute approximate surface area is 117 Å². The molecule has 1 heterocycles. The summed E-state index contributed by atoms with van der Waals surface area (Å²) in [5.74, 6) is -0.727. The lowest BCUT2D eigenvalue weighted by molar-refractivity contribution is 0.0593. The fraction of sp³-hybridized carbons (Fsp3) is 0.188. The zero-order valence-electron chi connectivity index (χ0n) is 11.6. The van der Waals surface area contributed by atoms with Crippen molar-refractivity contribution in [2.24, 2.45) is 0 Å². The van der Waals surface area contributed by atoms with E-state index in [4.69, 9.17) is 4.74 Å². The topological polar surface area (TPSA) is 56.3 Å². The van der Waals surface area contributed by atoms with Crippen molar-refractivity contribution in [1.82, 2.24) is 4.98 Å². The van der Waals surface area contributed by atoms with E-state index < -0.39 is 5.97 Å². The summed E-state index contributed by atoms with van der Waals surface area (Å²) in [5.41, 5.74) is 2.88. The van der Waals surface area contributed by atoms with Crippen molar-refractivity contribution in [3.05, 3.63) is 53.3 Å². The molecule has 0 radical (unpaired) electrons. The summed E-state index contributed by atoms with van der Waals surface area (Å²) in [6.45, 7) is 3.22. The van der Waals surface area contributed by atoms with E-state index in [2.05, 4.69) is 4.98 Å². The third-order valence-corrected chi connectivity index (χ3v) is 3.10. The molecular formula is C16H15NO3. The van der Waals surface area contributed by atoms with Gasteiger partial charge in [0.1, 0.15) is 5.69 Å². The van der Waals surface area contributed by atoms with Crippen molar-refractivity contribution in [2.45, 2.75) is 13.8 Å². The Balaban J connectivity index is 2.70. The number of hydrogen-bond donors (Lipinski definition) is 0. The molecule has 0 aliphatic heterocycles. The van der Waals surface area contributed by atoms with Crippen molar-refractivity contribution in [3.8, 4) is 11.1 Å². The molecule has 0 saturated heterocycles. The fourth-order valence-electron chi connectivity index (χ4n) is 2.00. The maximum Gasteiger partial charge on any atom is 0.356 e. The summed E-state index contributed by atoms with van der Waals surface area (Å²) in [5, 5.41) is 0. The molecule has 0 aliphatic rings. The maximum absolute atomic E-state index is 11.8. The number of pyridine rings is 1.